The zero-order valence-corrected chi connectivity index (χ0v) is 12.0. The molecule has 22 heavy (non-hydrogen) atoms. The third-order valence-corrected chi connectivity index (χ3v) is 3.58. The monoisotopic (exact) mass is 298 g/mol. The van der Waals surface area contributed by atoms with Gasteiger partial charge in [-0.15, -0.1) is 0 Å². The van der Waals surface area contributed by atoms with Gasteiger partial charge >= 0.3 is 5.63 Å². The molecule has 1 heterocycles. The summed E-state index contributed by atoms with van der Waals surface area (Å²) in [5, 5.41) is 30.0. The molecular formula is C17H14O5. The fourth-order valence-electron chi connectivity index (χ4n) is 2.54. The largest absolute Gasteiger partial charge is 0.508 e. The number of aryl methyl sites for hydroxylation is 2. The van der Waals surface area contributed by atoms with E-state index in [1.54, 1.807) is 13.8 Å². The fourth-order valence-corrected chi connectivity index (χ4v) is 2.54. The molecule has 0 bridgehead atoms. The Morgan fingerprint density at radius 3 is 2.18 bits per heavy atom. The minimum Gasteiger partial charge on any atom is -0.508 e. The van der Waals surface area contributed by atoms with Crippen LogP contribution in [0.4, 0.5) is 0 Å². The van der Waals surface area contributed by atoms with Crippen LogP contribution in [0.2, 0.25) is 0 Å². The molecule has 0 amide bonds. The first kappa shape index (κ1) is 14.0. The van der Waals surface area contributed by atoms with Crippen molar-refractivity contribution in [2.75, 3.05) is 0 Å². The molecule has 0 radical (unpaired) electrons. The summed E-state index contributed by atoms with van der Waals surface area (Å²) in [5.74, 6) is -0.0979. The van der Waals surface area contributed by atoms with Crippen molar-refractivity contribution in [2.24, 2.45) is 0 Å². The Hall–Kier alpha value is -2.95. The van der Waals surface area contributed by atoms with Crippen LogP contribution in [0.3, 0.4) is 0 Å². The fraction of sp³-hybridized carbons (Fsp3) is 0.118. The lowest BCUT2D eigenvalue weighted by Gasteiger charge is -2.09. The molecule has 0 unspecified atom stereocenters. The Morgan fingerprint density at radius 1 is 0.818 bits per heavy atom. The molecular weight excluding hydrogens is 284 g/mol. The van der Waals surface area contributed by atoms with E-state index in [9.17, 15) is 20.1 Å². The quantitative estimate of drug-likeness (QED) is 0.474. The number of phenols is 3. The summed E-state index contributed by atoms with van der Waals surface area (Å²) < 4.78 is 5.31. The highest BCUT2D eigenvalue weighted by atomic mass is 16.4. The van der Waals surface area contributed by atoms with Crippen molar-refractivity contribution < 1.29 is 19.7 Å². The lowest BCUT2D eigenvalue weighted by molar-refractivity contribution is 0.458. The topological polar surface area (TPSA) is 90.9 Å². The van der Waals surface area contributed by atoms with Gasteiger partial charge in [0.05, 0.1) is 5.56 Å². The van der Waals surface area contributed by atoms with Gasteiger partial charge in [0.15, 0.2) is 0 Å². The zero-order chi connectivity index (χ0) is 16.0. The molecule has 1 aromatic heterocycles. The average Bonchev–Trinajstić information content (AvgIpc) is 2.43. The van der Waals surface area contributed by atoms with Crippen molar-refractivity contribution in [2.45, 2.75) is 13.8 Å². The van der Waals surface area contributed by atoms with E-state index in [2.05, 4.69) is 0 Å². The van der Waals surface area contributed by atoms with Crippen LogP contribution in [0.5, 0.6) is 17.2 Å². The van der Waals surface area contributed by atoms with E-state index in [4.69, 9.17) is 4.42 Å². The van der Waals surface area contributed by atoms with E-state index in [1.165, 1.54) is 30.3 Å². The number of rotatable bonds is 1. The van der Waals surface area contributed by atoms with Crippen LogP contribution in [0.15, 0.2) is 39.5 Å². The average molecular weight is 298 g/mol. The lowest BCUT2D eigenvalue weighted by Crippen LogP contribution is -2.03. The SMILES string of the molecule is Cc1cc(O)cc(-c2cc3cc(O)cc(C)c3oc2=O)c1O. The second-order valence-corrected chi connectivity index (χ2v) is 5.29. The molecule has 2 aromatic carbocycles. The highest BCUT2D eigenvalue weighted by molar-refractivity contribution is 5.86. The van der Waals surface area contributed by atoms with Gasteiger partial charge in [0.1, 0.15) is 22.8 Å². The standard InChI is InChI=1S/C17H14O5/c1-8-3-12(19)7-13(15(8)20)14-6-10-5-11(18)4-9(2)16(10)22-17(14)21/h3-7,18-20H,1-2H3. The smallest absolute Gasteiger partial charge is 0.344 e. The highest BCUT2D eigenvalue weighted by Crippen LogP contribution is 2.35. The summed E-state index contributed by atoms with van der Waals surface area (Å²) in [5.41, 5.74) is 1.14. The Morgan fingerprint density at radius 2 is 1.45 bits per heavy atom. The molecule has 3 rings (SSSR count). The maximum atomic E-state index is 12.2. The third-order valence-electron chi connectivity index (χ3n) is 3.58. The molecule has 3 N–H and O–H groups in total. The van der Waals surface area contributed by atoms with Crippen molar-refractivity contribution in [3.63, 3.8) is 0 Å². The van der Waals surface area contributed by atoms with Crippen LogP contribution in [-0.4, -0.2) is 15.3 Å². The molecule has 5 nitrogen and oxygen atoms in total. The van der Waals surface area contributed by atoms with E-state index in [0.717, 1.165) is 0 Å². The zero-order valence-electron chi connectivity index (χ0n) is 12.0. The first-order chi connectivity index (χ1) is 10.4. The normalized spacial score (nSPS) is 11.0. The number of phenolic OH excluding ortho intramolecular Hbond substituents is 3. The van der Waals surface area contributed by atoms with Crippen molar-refractivity contribution in [1.29, 1.82) is 0 Å². The molecule has 0 aliphatic heterocycles. The summed E-state index contributed by atoms with van der Waals surface area (Å²) in [6, 6.07) is 7.21. The molecule has 112 valence electrons. The molecule has 3 aromatic rings. The minimum absolute atomic E-state index is 0.0566. The number of hydrogen-bond donors (Lipinski definition) is 3. The van der Waals surface area contributed by atoms with Gasteiger partial charge in [0.2, 0.25) is 0 Å². The van der Waals surface area contributed by atoms with E-state index < -0.39 is 5.63 Å². The van der Waals surface area contributed by atoms with E-state index in [0.29, 0.717) is 22.1 Å². The van der Waals surface area contributed by atoms with Gasteiger partial charge in [-0.3, -0.25) is 0 Å². The van der Waals surface area contributed by atoms with Crippen LogP contribution >= 0.6 is 0 Å². The van der Waals surface area contributed by atoms with Gasteiger partial charge in [-0.1, -0.05) is 0 Å². The Labute approximate surface area is 125 Å². The van der Waals surface area contributed by atoms with Crippen LogP contribution in [0, 0.1) is 13.8 Å². The third kappa shape index (κ3) is 2.16. The Bertz CT molecular complexity index is 953. The molecule has 0 aliphatic carbocycles. The van der Waals surface area contributed by atoms with Gasteiger partial charge in [0.25, 0.3) is 0 Å². The number of fused-ring (bicyclic) bond motifs is 1. The summed E-state index contributed by atoms with van der Waals surface area (Å²) in [7, 11) is 0. The molecule has 0 spiro atoms. The highest BCUT2D eigenvalue weighted by Gasteiger charge is 2.15. The molecule has 5 heteroatoms. The summed E-state index contributed by atoms with van der Waals surface area (Å²) in [6.07, 6.45) is 0. The molecule has 0 aliphatic rings. The summed E-state index contributed by atoms with van der Waals surface area (Å²) >= 11 is 0. The van der Waals surface area contributed by atoms with Gasteiger partial charge in [-0.05, 0) is 55.3 Å². The van der Waals surface area contributed by atoms with Gasteiger partial charge in [0, 0.05) is 10.9 Å². The van der Waals surface area contributed by atoms with Crippen molar-refractivity contribution in [1.82, 2.24) is 0 Å². The minimum atomic E-state index is -0.624. The van der Waals surface area contributed by atoms with E-state index >= 15 is 0 Å². The first-order valence-corrected chi connectivity index (χ1v) is 6.67. The van der Waals surface area contributed by atoms with Crippen LogP contribution in [0.1, 0.15) is 11.1 Å². The van der Waals surface area contributed by atoms with Crippen molar-refractivity contribution in [3.8, 4) is 28.4 Å². The van der Waals surface area contributed by atoms with Crippen molar-refractivity contribution >= 4 is 11.0 Å². The number of aromatic hydroxyl groups is 3. The molecule has 0 saturated heterocycles. The van der Waals surface area contributed by atoms with Gasteiger partial charge < -0.3 is 19.7 Å². The maximum absolute atomic E-state index is 12.2. The Kier molecular flexibility index (Phi) is 3.06. The summed E-state index contributed by atoms with van der Waals surface area (Å²) in [4.78, 5) is 12.2. The number of benzene rings is 2. The summed E-state index contributed by atoms with van der Waals surface area (Å²) in [6.45, 7) is 3.35. The van der Waals surface area contributed by atoms with Crippen LogP contribution in [0.25, 0.3) is 22.1 Å². The predicted molar refractivity (Wildman–Crippen MR) is 82.4 cm³/mol. The Balaban J connectivity index is 2.37. The van der Waals surface area contributed by atoms with Crippen molar-refractivity contribution in [3.05, 3.63) is 51.9 Å². The van der Waals surface area contributed by atoms with E-state index in [1.807, 2.05) is 0 Å². The molecule has 0 atom stereocenters. The first-order valence-electron chi connectivity index (χ1n) is 6.67. The maximum Gasteiger partial charge on any atom is 0.344 e. The van der Waals surface area contributed by atoms with Gasteiger partial charge in [-0.25, -0.2) is 4.79 Å². The second-order valence-electron chi connectivity index (χ2n) is 5.29. The van der Waals surface area contributed by atoms with Gasteiger partial charge in [-0.2, -0.15) is 0 Å². The van der Waals surface area contributed by atoms with Crippen LogP contribution < -0.4 is 5.63 Å². The molecule has 0 fully saturated rings. The predicted octanol–water partition coefficient (Wildman–Crippen LogP) is 3.19. The number of hydrogen-bond acceptors (Lipinski definition) is 5. The molecule has 0 saturated carbocycles. The van der Waals surface area contributed by atoms with Crippen LogP contribution in [-0.2, 0) is 0 Å². The second kappa shape index (κ2) is 4.80. The van der Waals surface area contributed by atoms with E-state index in [-0.39, 0.29) is 28.4 Å². The lowest BCUT2D eigenvalue weighted by atomic mass is 10.0.